The predicted molar refractivity (Wildman–Crippen MR) is 131 cm³/mol. The highest BCUT2D eigenvalue weighted by atomic mass is 16.4. The van der Waals surface area contributed by atoms with E-state index >= 15 is 0 Å². The molecule has 5 heteroatoms. The molecule has 2 N–H and O–H groups in total. The molecule has 2 aromatic carbocycles. The van der Waals surface area contributed by atoms with Crippen molar-refractivity contribution in [1.82, 2.24) is 0 Å². The molecular formula is C28H34N2O3. The van der Waals surface area contributed by atoms with Crippen molar-refractivity contribution in [3.63, 3.8) is 0 Å². The molecule has 0 spiro atoms. The van der Waals surface area contributed by atoms with Crippen molar-refractivity contribution in [3.05, 3.63) is 59.7 Å². The van der Waals surface area contributed by atoms with Crippen LogP contribution in [0.3, 0.4) is 0 Å². The number of nitrogens with one attached hydrogen (secondary N) is 1. The zero-order valence-corrected chi connectivity index (χ0v) is 19.4. The van der Waals surface area contributed by atoms with Crippen LogP contribution in [0.1, 0.15) is 72.6 Å². The van der Waals surface area contributed by atoms with Crippen molar-refractivity contribution in [2.45, 2.75) is 51.9 Å². The molecular weight excluding hydrogens is 412 g/mol. The Morgan fingerprint density at radius 1 is 1.00 bits per heavy atom. The second kappa shape index (κ2) is 8.85. The molecule has 33 heavy (non-hydrogen) atoms. The molecule has 174 valence electrons. The third-order valence-electron chi connectivity index (χ3n) is 8.32. The minimum absolute atomic E-state index is 0.242. The van der Waals surface area contributed by atoms with Gasteiger partial charge in [0.25, 0.3) is 5.91 Å². The van der Waals surface area contributed by atoms with Crippen molar-refractivity contribution >= 4 is 23.3 Å². The summed E-state index contributed by atoms with van der Waals surface area (Å²) in [5, 5.41) is 12.8. The Morgan fingerprint density at radius 2 is 1.64 bits per heavy atom. The van der Waals surface area contributed by atoms with E-state index in [9.17, 15) is 14.7 Å². The Bertz CT molecular complexity index is 997. The number of anilines is 2. The van der Waals surface area contributed by atoms with Crippen molar-refractivity contribution in [2.24, 2.45) is 23.2 Å². The number of carboxylic acid groups (broad SMARTS) is 1. The minimum Gasteiger partial charge on any atom is -0.478 e. The van der Waals surface area contributed by atoms with Gasteiger partial charge in [-0.2, -0.15) is 0 Å². The number of hydrogen-bond acceptors (Lipinski definition) is 3. The number of hydrogen-bond donors (Lipinski definition) is 2. The van der Waals surface area contributed by atoms with Crippen LogP contribution in [0, 0.1) is 23.2 Å². The smallest absolute Gasteiger partial charge is 0.337 e. The second-order valence-electron chi connectivity index (χ2n) is 10.6. The monoisotopic (exact) mass is 446 g/mol. The summed E-state index contributed by atoms with van der Waals surface area (Å²) in [7, 11) is 0. The highest BCUT2D eigenvalue weighted by molar-refractivity contribution is 6.05. The Morgan fingerprint density at radius 3 is 2.21 bits per heavy atom. The lowest BCUT2D eigenvalue weighted by Crippen LogP contribution is -2.47. The molecule has 4 saturated carbocycles. The maximum absolute atomic E-state index is 12.5. The van der Waals surface area contributed by atoms with Gasteiger partial charge in [0.15, 0.2) is 0 Å². The van der Waals surface area contributed by atoms with Crippen LogP contribution in [0.5, 0.6) is 0 Å². The molecule has 0 saturated heterocycles. The highest BCUT2D eigenvalue weighted by Gasteiger charge is 2.50. The minimum atomic E-state index is -0.964. The first kappa shape index (κ1) is 22.0. The second-order valence-corrected chi connectivity index (χ2v) is 10.6. The highest BCUT2D eigenvalue weighted by Crippen LogP contribution is 2.61. The van der Waals surface area contributed by atoms with E-state index in [1.165, 1.54) is 38.5 Å². The standard InChI is InChI=1S/C28H34N2O3/c1-2-30(11-10-28-16-19-12-20(17-28)14-21(13-19)18-28)25-9-8-23(15-24(25)27(32)33)29-26(31)22-6-4-3-5-7-22/h3-9,15,19-21H,2,10-14,16-18H2,1H3,(H,29,31)(H,32,33). The van der Waals surface area contributed by atoms with Crippen LogP contribution in [-0.2, 0) is 0 Å². The van der Waals surface area contributed by atoms with Gasteiger partial charge in [-0.3, -0.25) is 4.79 Å². The summed E-state index contributed by atoms with van der Waals surface area (Å²) in [6, 6.07) is 14.2. The van der Waals surface area contributed by atoms with E-state index in [-0.39, 0.29) is 11.5 Å². The number of aromatic carboxylic acids is 1. The molecule has 6 rings (SSSR count). The van der Waals surface area contributed by atoms with Gasteiger partial charge in [-0.25, -0.2) is 4.79 Å². The fourth-order valence-corrected chi connectivity index (χ4v) is 7.27. The van der Waals surface area contributed by atoms with Gasteiger partial charge in [-0.1, -0.05) is 18.2 Å². The first-order valence-corrected chi connectivity index (χ1v) is 12.4. The molecule has 0 aromatic heterocycles. The maximum atomic E-state index is 12.5. The van der Waals surface area contributed by atoms with Gasteiger partial charge in [0, 0.05) is 24.3 Å². The van der Waals surface area contributed by atoms with Gasteiger partial charge in [-0.15, -0.1) is 0 Å². The number of nitrogens with zero attached hydrogens (tertiary/aromatic N) is 1. The largest absolute Gasteiger partial charge is 0.478 e. The SMILES string of the molecule is CCN(CCC12CC3CC(CC(C3)C1)C2)c1ccc(NC(=O)c2ccccc2)cc1C(=O)O. The molecule has 4 fully saturated rings. The fraction of sp³-hybridized carbons (Fsp3) is 0.500. The zero-order valence-electron chi connectivity index (χ0n) is 19.4. The summed E-state index contributed by atoms with van der Waals surface area (Å²) >= 11 is 0. The van der Waals surface area contributed by atoms with E-state index in [4.69, 9.17) is 0 Å². The lowest BCUT2D eigenvalue weighted by molar-refractivity contribution is -0.0559. The number of amides is 1. The van der Waals surface area contributed by atoms with Gasteiger partial charge in [-0.05, 0) is 105 Å². The fourth-order valence-electron chi connectivity index (χ4n) is 7.27. The first-order valence-electron chi connectivity index (χ1n) is 12.4. The van der Waals surface area contributed by atoms with Crippen LogP contribution in [0.25, 0.3) is 0 Å². The molecule has 0 unspecified atom stereocenters. The van der Waals surface area contributed by atoms with E-state index in [1.807, 2.05) is 30.3 Å². The van der Waals surface area contributed by atoms with Gasteiger partial charge >= 0.3 is 5.97 Å². The van der Waals surface area contributed by atoms with Gasteiger partial charge in [0.2, 0.25) is 0 Å². The summed E-state index contributed by atoms with van der Waals surface area (Å²) in [6.45, 7) is 3.75. The molecule has 1 amide bonds. The maximum Gasteiger partial charge on any atom is 0.337 e. The van der Waals surface area contributed by atoms with Crippen LogP contribution < -0.4 is 10.2 Å². The van der Waals surface area contributed by atoms with Crippen LogP contribution in [0.4, 0.5) is 11.4 Å². The Kier molecular flexibility index (Phi) is 5.90. The number of benzene rings is 2. The van der Waals surface area contributed by atoms with E-state index < -0.39 is 5.97 Å². The molecule has 4 bridgehead atoms. The van der Waals surface area contributed by atoms with E-state index in [0.717, 1.165) is 43.0 Å². The predicted octanol–water partition coefficient (Wildman–Crippen LogP) is 6.07. The summed E-state index contributed by atoms with van der Waals surface area (Å²) in [6.07, 6.45) is 9.57. The summed E-state index contributed by atoms with van der Waals surface area (Å²) in [5.41, 5.74) is 2.50. The molecule has 4 aliphatic carbocycles. The lowest BCUT2D eigenvalue weighted by atomic mass is 9.49. The van der Waals surface area contributed by atoms with E-state index in [1.54, 1.807) is 18.2 Å². The van der Waals surface area contributed by atoms with Crippen LogP contribution in [-0.4, -0.2) is 30.1 Å². The summed E-state index contributed by atoms with van der Waals surface area (Å²) < 4.78 is 0. The summed E-state index contributed by atoms with van der Waals surface area (Å²) in [4.78, 5) is 26.9. The Hall–Kier alpha value is -2.82. The molecule has 0 heterocycles. The number of carbonyl (C=O) groups excluding carboxylic acids is 1. The normalized spacial score (nSPS) is 27.4. The van der Waals surface area contributed by atoms with Crippen molar-refractivity contribution in [3.8, 4) is 0 Å². The van der Waals surface area contributed by atoms with Gasteiger partial charge in [0.05, 0.1) is 11.3 Å². The first-order chi connectivity index (χ1) is 15.9. The number of carbonyl (C=O) groups is 2. The molecule has 0 aliphatic heterocycles. The number of carboxylic acids is 1. The quantitative estimate of drug-likeness (QED) is 0.516. The molecule has 5 nitrogen and oxygen atoms in total. The van der Waals surface area contributed by atoms with Crippen molar-refractivity contribution < 1.29 is 14.7 Å². The van der Waals surface area contributed by atoms with E-state index in [0.29, 0.717) is 16.7 Å². The molecule has 0 atom stereocenters. The van der Waals surface area contributed by atoms with Gasteiger partial charge < -0.3 is 15.3 Å². The van der Waals surface area contributed by atoms with Crippen LogP contribution in [0.2, 0.25) is 0 Å². The Labute approximate surface area is 196 Å². The topological polar surface area (TPSA) is 69.6 Å². The molecule has 4 aliphatic rings. The van der Waals surface area contributed by atoms with Crippen LogP contribution in [0.15, 0.2) is 48.5 Å². The third-order valence-corrected chi connectivity index (χ3v) is 8.32. The average molecular weight is 447 g/mol. The average Bonchev–Trinajstić information content (AvgIpc) is 2.79. The summed E-state index contributed by atoms with van der Waals surface area (Å²) in [5.74, 6) is 1.57. The lowest BCUT2D eigenvalue weighted by Gasteiger charge is -2.57. The van der Waals surface area contributed by atoms with E-state index in [2.05, 4.69) is 17.1 Å². The van der Waals surface area contributed by atoms with Crippen LogP contribution >= 0.6 is 0 Å². The molecule has 2 aromatic rings. The van der Waals surface area contributed by atoms with Gasteiger partial charge in [0.1, 0.15) is 0 Å². The number of rotatable bonds is 8. The molecule has 0 radical (unpaired) electrons. The zero-order chi connectivity index (χ0) is 23.0. The third kappa shape index (κ3) is 4.50. The van der Waals surface area contributed by atoms with Crippen molar-refractivity contribution in [2.75, 3.05) is 23.3 Å². The Balaban J connectivity index is 1.31. The van der Waals surface area contributed by atoms with Crippen molar-refractivity contribution in [1.29, 1.82) is 0 Å².